The molecule has 1 rings (SSSR count). The molecule has 0 amide bonds. The Labute approximate surface area is 122 Å². The fourth-order valence-corrected chi connectivity index (χ4v) is 2.43. The van der Waals surface area contributed by atoms with Crippen LogP contribution in [0, 0.1) is 5.92 Å². The van der Waals surface area contributed by atoms with E-state index in [0.717, 1.165) is 16.6 Å². The molecule has 5 heteroatoms. The number of alkyl halides is 2. The van der Waals surface area contributed by atoms with Crippen molar-refractivity contribution >= 4 is 39.0 Å². The van der Waals surface area contributed by atoms with Crippen molar-refractivity contribution in [2.75, 3.05) is 23.9 Å². The van der Waals surface area contributed by atoms with Crippen LogP contribution >= 0.6 is 31.9 Å². The van der Waals surface area contributed by atoms with Gasteiger partial charge < -0.3 is 9.31 Å². The lowest BCUT2D eigenvalue weighted by atomic mass is 9.83. The number of rotatable bonds is 8. The van der Waals surface area contributed by atoms with Crippen molar-refractivity contribution < 1.29 is 9.31 Å². The van der Waals surface area contributed by atoms with Gasteiger partial charge in [0.05, 0.1) is 0 Å². The number of hydrogen-bond donors (Lipinski definition) is 0. The third kappa shape index (κ3) is 7.65. The fraction of sp³-hybridized carbons (Fsp3) is 0.833. The molecular weight excluding hydrogens is 347 g/mol. The topological polar surface area (TPSA) is 18.5 Å². The van der Waals surface area contributed by atoms with Gasteiger partial charge in [0.25, 0.3) is 0 Å². The Morgan fingerprint density at radius 2 is 1.59 bits per heavy atom. The molecule has 0 aromatic heterocycles. The first-order chi connectivity index (χ1) is 8.36. The molecule has 0 saturated heterocycles. The zero-order valence-corrected chi connectivity index (χ0v) is 13.4. The Bertz CT molecular complexity index is 201. The van der Waals surface area contributed by atoms with Gasteiger partial charge in [0.15, 0.2) is 0 Å². The zero-order valence-electron chi connectivity index (χ0n) is 10.2. The number of hydrogen-bond acceptors (Lipinski definition) is 2. The first-order valence-electron chi connectivity index (χ1n) is 6.40. The average molecular weight is 368 g/mol. The molecule has 0 N–H and O–H groups in total. The largest absolute Gasteiger partial charge is 0.485 e. The summed E-state index contributed by atoms with van der Waals surface area (Å²) >= 11 is 6.72. The second-order valence-corrected chi connectivity index (χ2v) is 5.86. The van der Waals surface area contributed by atoms with Crippen molar-refractivity contribution in [2.24, 2.45) is 5.92 Å². The third-order valence-electron chi connectivity index (χ3n) is 2.91. The Morgan fingerprint density at radius 3 is 2.12 bits per heavy atom. The van der Waals surface area contributed by atoms with E-state index in [2.05, 4.69) is 43.9 Å². The Kier molecular flexibility index (Phi) is 9.81. The van der Waals surface area contributed by atoms with Crippen molar-refractivity contribution in [3.8, 4) is 0 Å². The molecule has 1 fully saturated rings. The summed E-state index contributed by atoms with van der Waals surface area (Å²) in [6.45, 7) is 1.36. The maximum Gasteiger partial charge on any atom is 0.485 e. The van der Waals surface area contributed by atoms with E-state index in [9.17, 15) is 0 Å². The molecule has 0 aromatic rings. The van der Waals surface area contributed by atoms with Crippen LogP contribution in [0.25, 0.3) is 0 Å². The predicted molar refractivity (Wildman–Crippen MR) is 81.0 cm³/mol. The minimum atomic E-state index is -0.188. The lowest BCUT2D eigenvalue weighted by molar-refractivity contribution is 0.228. The van der Waals surface area contributed by atoms with Crippen LogP contribution in [0.5, 0.6) is 0 Å². The molecule has 0 radical (unpaired) electrons. The molecule has 0 heterocycles. The fourth-order valence-electron chi connectivity index (χ4n) is 2.06. The van der Waals surface area contributed by atoms with Gasteiger partial charge in [-0.25, -0.2) is 0 Å². The highest BCUT2D eigenvalue weighted by Gasteiger charge is 2.16. The molecule has 1 aliphatic carbocycles. The molecule has 1 aliphatic rings. The SMILES string of the molecule is BrCCOB(/C=C/C1CCCCC1)OCCBr. The van der Waals surface area contributed by atoms with Crippen LogP contribution in [0.2, 0.25) is 0 Å². The minimum Gasteiger partial charge on any atom is -0.407 e. The van der Waals surface area contributed by atoms with Gasteiger partial charge >= 0.3 is 7.12 Å². The molecule has 98 valence electrons. The molecule has 0 unspecified atom stereocenters. The maximum absolute atomic E-state index is 5.61. The second kappa shape index (κ2) is 10.6. The van der Waals surface area contributed by atoms with Gasteiger partial charge in [-0.15, -0.1) is 0 Å². The van der Waals surface area contributed by atoms with Gasteiger partial charge in [-0.2, -0.15) is 0 Å². The second-order valence-electron chi connectivity index (χ2n) is 4.27. The number of allylic oxidation sites excluding steroid dienone is 1. The lowest BCUT2D eigenvalue weighted by Crippen LogP contribution is -2.23. The maximum atomic E-state index is 5.61. The summed E-state index contributed by atoms with van der Waals surface area (Å²) in [5, 5.41) is 1.69. The van der Waals surface area contributed by atoms with Crippen molar-refractivity contribution in [3.63, 3.8) is 0 Å². The van der Waals surface area contributed by atoms with Crippen LogP contribution in [-0.4, -0.2) is 31.0 Å². The molecule has 0 spiro atoms. The van der Waals surface area contributed by atoms with Gasteiger partial charge in [-0.05, 0) is 18.8 Å². The van der Waals surface area contributed by atoms with E-state index in [1.807, 2.05) is 0 Å². The molecular formula is C12H21BBr2O2. The van der Waals surface area contributed by atoms with Crippen LogP contribution < -0.4 is 0 Å². The molecule has 2 nitrogen and oxygen atoms in total. The van der Waals surface area contributed by atoms with Gasteiger partial charge in [0.1, 0.15) is 0 Å². The van der Waals surface area contributed by atoms with Crippen LogP contribution in [0.1, 0.15) is 32.1 Å². The summed E-state index contributed by atoms with van der Waals surface area (Å²) in [5.74, 6) is 2.81. The van der Waals surface area contributed by atoms with Crippen LogP contribution in [-0.2, 0) is 9.31 Å². The van der Waals surface area contributed by atoms with Gasteiger partial charge in [-0.1, -0.05) is 63.2 Å². The number of halogens is 2. The Morgan fingerprint density at radius 1 is 1.00 bits per heavy atom. The van der Waals surface area contributed by atoms with E-state index in [4.69, 9.17) is 9.31 Å². The zero-order chi connectivity index (χ0) is 12.3. The third-order valence-corrected chi connectivity index (χ3v) is 3.56. The lowest BCUT2D eigenvalue weighted by Gasteiger charge is -2.18. The van der Waals surface area contributed by atoms with Crippen molar-refractivity contribution in [1.29, 1.82) is 0 Å². The summed E-state index contributed by atoms with van der Waals surface area (Å²) in [7, 11) is -0.188. The smallest absolute Gasteiger partial charge is 0.407 e. The highest BCUT2D eigenvalue weighted by molar-refractivity contribution is 9.09. The normalized spacial score (nSPS) is 17.8. The van der Waals surface area contributed by atoms with Crippen LogP contribution in [0.3, 0.4) is 0 Å². The first kappa shape index (κ1) is 15.7. The van der Waals surface area contributed by atoms with E-state index < -0.39 is 0 Å². The predicted octanol–water partition coefficient (Wildman–Crippen LogP) is 3.97. The molecule has 0 aliphatic heterocycles. The average Bonchev–Trinajstić information content (AvgIpc) is 2.39. The van der Waals surface area contributed by atoms with E-state index in [0.29, 0.717) is 13.2 Å². The van der Waals surface area contributed by atoms with Gasteiger partial charge in [-0.3, -0.25) is 0 Å². The molecule has 0 aromatic carbocycles. The molecule has 0 bridgehead atoms. The van der Waals surface area contributed by atoms with Crippen molar-refractivity contribution in [1.82, 2.24) is 0 Å². The van der Waals surface area contributed by atoms with Gasteiger partial charge in [0, 0.05) is 23.9 Å². The van der Waals surface area contributed by atoms with E-state index in [1.165, 1.54) is 32.1 Å². The first-order valence-corrected chi connectivity index (χ1v) is 8.64. The van der Waals surface area contributed by atoms with E-state index >= 15 is 0 Å². The van der Waals surface area contributed by atoms with Crippen LogP contribution in [0.4, 0.5) is 0 Å². The van der Waals surface area contributed by atoms with Crippen molar-refractivity contribution in [3.05, 3.63) is 12.1 Å². The van der Waals surface area contributed by atoms with Crippen molar-refractivity contribution in [2.45, 2.75) is 32.1 Å². The van der Waals surface area contributed by atoms with Gasteiger partial charge in [0.2, 0.25) is 0 Å². The summed E-state index contributed by atoms with van der Waals surface area (Å²) < 4.78 is 11.2. The van der Waals surface area contributed by atoms with Crippen LogP contribution in [0.15, 0.2) is 12.1 Å². The molecule has 1 saturated carbocycles. The highest BCUT2D eigenvalue weighted by atomic mass is 79.9. The van der Waals surface area contributed by atoms with E-state index in [1.54, 1.807) is 0 Å². The minimum absolute atomic E-state index is 0.188. The summed E-state index contributed by atoms with van der Waals surface area (Å²) in [4.78, 5) is 0. The molecule has 17 heavy (non-hydrogen) atoms. The Hall–Kier alpha value is 0.685. The highest BCUT2D eigenvalue weighted by Crippen LogP contribution is 2.24. The molecule has 0 atom stereocenters. The standard InChI is InChI=1S/C12H21BBr2O2/c14-8-10-16-13(17-11-9-15)7-6-12-4-2-1-3-5-12/h6-7,12H,1-5,8-11H2/b7-6+. The van der Waals surface area contributed by atoms with E-state index in [-0.39, 0.29) is 7.12 Å². The monoisotopic (exact) mass is 366 g/mol. The Balaban J connectivity index is 2.30. The quantitative estimate of drug-likeness (QED) is 0.477. The summed E-state index contributed by atoms with van der Waals surface area (Å²) in [5.41, 5.74) is 0. The summed E-state index contributed by atoms with van der Waals surface area (Å²) in [6.07, 6.45) is 9.05. The summed E-state index contributed by atoms with van der Waals surface area (Å²) in [6, 6.07) is 0.